The van der Waals surface area contributed by atoms with Crippen LogP contribution in [-0.4, -0.2) is 9.97 Å². The molecule has 0 saturated heterocycles. The van der Waals surface area contributed by atoms with Crippen molar-refractivity contribution in [1.29, 1.82) is 0 Å². The van der Waals surface area contributed by atoms with E-state index >= 15 is 0 Å². The van der Waals surface area contributed by atoms with Crippen molar-refractivity contribution < 1.29 is 0 Å². The highest BCUT2D eigenvalue weighted by Gasteiger charge is 2.11. The molecule has 1 aromatic heterocycles. The summed E-state index contributed by atoms with van der Waals surface area (Å²) in [6.45, 7) is 4.01. The van der Waals surface area contributed by atoms with Gasteiger partial charge in [-0.25, -0.2) is 9.97 Å². The summed E-state index contributed by atoms with van der Waals surface area (Å²) in [5.74, 6) is 0.624. The highest BCUT2D eigenvalue weighted by Crippen LogP contribution is 2.27. The van der Waals surface area contributed by atoms with Crippen LogP contribution in [0, 0.1) is 10.5 Å². The molecular formula is C13H11Cl2IN2. The second-order valence-corrected chi connectivity index (χ2v) is 5.76. The fourth-order valence-corrected chi connectivity index (χ4v) is 2.55. The first-order valence-electron chi connectivity index (χ1n) is 5.51. The second-order valence-electron chi connectivity index (χ2n) is 3.92. The molecule has 18 heavy (non-hydrogen) atoms. The Balaban J connectivity index is 2.57. The van der Waals surface area contributed by atoms with Crippen LogP contribution in [-0.2, 0) is 6.42 Å². The predicted octanol–water partition coefficient (Wildman–Crippen LogP) is 4.93. The molecule has 2 nitrogen and oxygen atoms in total. The van der Waals surface area contributed by atoms with Crippen LogP contribution in [0.25, 0.3) is 11.4 Å². The molecule has 0 fully saturated rings. The normalized spacial score (nSPS) is 10.7. The molecule has 1 heterocycles. The van der Waals surface area contributed by atoms with Gasteiger partial charge < -0.3 is 0 Å². The van der Waals surface area contributed by atoms with Gasteiger partial charge in [0.15, 0.2) is 5.82 Å². The summed E-state index contributed by atoms with van der Waals surface area (Å²) in [6.07, 6.45) is 0.826. The lowest BCUT2D eigenvalue weighted by atomic mass is 10.1. The van der Waals surface area contributed by atoms with Crippen molar-refractivity contribution in [3.8, 4) is 11.4 Å². The van der Waals surface area contributed by atoms with Crippen molar-refractivity contribution in [3.05, 3.63) is 43.2 Å². The Morgan fingerprint density at radius 1 is 1.22 bits per heavy atom. The van der Waals surface area contributed by atoms with Gasteiger partial charge in [0.1, 0.15) is 5.15 Å². The summed E-state index contributed by atoms with van der Waals surface area (Å²) in [5, 5.41) is 1.21. The Morgan fingerprint density at radius 2 is 1.94 bits per heavy atom. The minimum absolute atomic E-state index is 0.495. The van der Waals surface area contributed by atoms with Crippen molar-refractivity contribution >= 4 is 45.8 Å². The molecule has 0 spiro atoms. The lowest BCUT2D eigenvalue weighted by Crippen LogP contribution is -1.99. The highest BCUT2D eigenvalue weighted by atomic mass is 127. The van der Waals surface area contributed by atoms with Crippen LogP contribution in [0.2, 0.25) is 10.2 Å². The molecule has 0 aliphatic heterocycles. The summed E-state index contributed by atoms with van der Waals surface area (Å²) in [4.78, 5) is 8.84. The zero-order chi connectivity index (χ0) is 13.3. The summed E-state index contributed by atoms with van der Waals surface area (Å²) >= 11 is 14.4. The molecule has 0 aliphatic rings. The van der Waals surface area contributed by atoms with Crippen LogP contribution in [0.4, 0.5) is 0 Å². The Kier molecular flexibility index (Phi) is 4.45. The van der Waals surface area contributed by atoms with E-state index in [0.29, 0.717) is 16.0 Å². The van der Waals surface area contributed by atoms with Gasteiger partial charge in [-0.1, -0.05) is 42.3 Å². The van der Waals surface area contributed by atoms with Gasteiger partial charge in [0.2, 0.25) is 0 Å². The smallest absolute Gasteiger partial charge is 0.161 e. The van der Waals surface area contributed by atoms with Crippen molar-refractivity contribution in [3.63, 3.8) is 0 Å². The zero-order valence-electron chi connectivity index (χ0n) is 9.97. The number of aromatic nitrogens is 2. The highest BCUT2D eigenvalue weighted by molar-refractivity contribution is 14.1. The van der Waals surface area contributed by atoms with Crippen molar-refractivity contribution in [1.82, 2.24) is 9.97 Å². The van der Waals surface area contributed by atoms with Crippen LogP contribution in [0.1, 0.15) is 18.2 Å². The van der Waals surface area contributed by atoms with Gasteiger partial charge in [-0.2, -0.15) is 0 Å². The van der Waals surface area contributed by atoms with Crippen LogP contribution in [0.15, 0.2) is 18.2 Å². The third-order valence-electron chi connectivity index (χ3n) is 2.64. The number of hydrogen-bond donors (Lipinski definition) is 0. The summed E-state index contributed by atoms with van der Waals surface area (Å²) < 4.78 is 0.915. The van der Waals surface area contributed by atoms with Crippen molar-refractivity contribution in [2.24, 2.45) is 0 Å². The minimum Gasteiger partial charge on any atom is -0.232 e. The first-order valence-corrected chi connectivity index (χ1v) is 7.34. The molecular weight excluding hydrogens is 382 g/mol. The fraction of sp³-hybridized carbons (Fsp3) is 0.231. The minimum atomic E-state index is 0.495. The van der Waals surface area contributed by atoms with E-state index < -0.39 is 0 Å². The van der Waals surface area contributed by atoms with Crippen LogP contribution >= 0.6 is 45.8 Å². The molecule has 0 unspecified atom stereocenters. The van der Waals surface area contributed by atoms with Gasteiger partial charge >= 0.3 is 0 Å². The van der Waals surface area contributed by atoms with E-state index in [9.17, 15) is 0 Å². The molecule has 0 amide bonds. The standard InChI is InChI=1S/C13H11Cl2IN2/c1-3-10-11(16)12(15)18-13(17-10)8-5-4-7(2)9(14)6-8/h4-6H,3H2,1-2H3. The van der Waals surface area contributed by atoms with E-state index in [1.807, 2.05) is 32.0 Å². The average molecular weight is 393 g/mol. The second kappa shape index (κ2) is 5.72. The summed E-state index contributed by atoms with van der Waals surface area (Å²) in [7, 11) is 0. The van der Waals surface area contributed by atoms with Crippen LogP contribution < -0.4 is 0 Å². The number of rotatable bonds is 2. The van der Waals surface area contributed by atoms with Gasteiger partial charge in [0.25, 0.3) is 0 Å². The Labute approximate surface area is 130 Å². The summed E-state index contributed by atoms with van der Waals surface area (Å²) in [6, 6.07) is 5.78. The molecule has 0 N–H and O–H groups in total. The monoisotopic (exact) mass is 392 g/mol. The van der Waals surface area contributed by atoms with Gasteiger partial charge in [-0.15, -0.1) is 0 Å². The Bertz CT molecular complexity index is 600. The quantitative estimate of drug-likeness (QED) is 0.535. The van der Waals surface area contributed by atoms with E-state index in [0.717, 1.165) is 26.8 Å². The first kappa shape index (κ1) is 14.0. The van der Waals surface area contributed by atoms with Crippen molar-refractivity contribution in [2.75, 3.05) is 0 Å². The molecule has 94 valence electrons. The average Bonchev–Trinajstić information content (AvgIpc) is 2.36. The maximum atomic E-state index is 6.13. The van der Waals surface area contributed by atoms with E-state index in [1.165, 1.54) is 0 Å². The van der Waals surface area contributed by atoms with E-state index in [2.05, 4.69) is 32.6 Å². The molecule has 0 aliphatic carbocycles. The van der Waals surface area contributed by atoms with E-state index in [1.54, 1.807) is 0 Å². The SMILES string of the molecule is CCc1nc(-c2ccc(C)c(Cl)c2)nc(Cl)c1I. The molecule has 2 rings (SSSR count). The molecule has 0 radical (unpaired) electrons. The van der Waals surface area contributed by atoms with Crippen LogP contribution in [0.5, 0.6) is 0 Å². The fourth-order valence-electron chi connectivity index (χ4n) is 1.56. The van der Waals surface area contributed by atoms with Gasteiger partial charge in [0, 0.05) is 10.6 Å². The predicted molar refractivity (Wildman–Crippen MR) is 84.3 cm³/mol. The largest absolute Gasteiger partial charge is 0.232 e. The van der Waals surface area contributed by atoms with Gasteiger partial charge in [-0.05, 0) is 47.6 Å². The number of benzene rings is 1. The molecule has 0 saturated carbocycles. The van der Waals surface area contributed by atoms with E-state index in [4.69, 9.17) is 23.2 Å². The molecule has 1 aromatic carbocycles. The number of aryl methyl sites for hydroxylation is 2. The lowest BCUT2D eigenvalue weighted by Gasteiger charge is -2.07. The molecule has 5 heteroatoms. The lowest BCUT2D eigenvalue weighted by molar-refractivity contribution is 0.989. The summed E-state index contributed by atoms with van der Waals surface area (Å²) in [5.41, 5.74) is 2.88. The van der Waals surface area contributed by atoms with Gasteiger partial charge in [0.05, 0.1) is 9.26 Å². The zero-order valence-corrected chi connectivity index (χ0v) is 13.6. The maximum Gasteiger partial charge on any atom is 0.161 e. The number of hydrogen-bond acceptors (Lipinski definition) is 2. The third kappa shape index (κ3) is 2.78. The number of halogens is 3. The van der Waals surface area contributed by atoms with E-state index in [-0.39, 0.29) is 0 Å². The third-order valence-corrected chi connectivity index (χ3v) is 4.78. The topological polar surface area (TPSA) is 25.8 Å². The van der Waals surface area contributed by atoms with Crippen molar-refractivity contribution in [2.45, 2.75) is 20.3 Å². The van der Waals surface area contributed by atoms with Gasteiger partial charge in [-0.3, -0.25) is 0 Å². The van der Waals surface area contributed by atoms with Crippen LogP contribution in [0.3, 0.4) is 0 Å². The molecule has 2 aromatic rings. The Hall–Kier alpha value is -0.390. The first-order chi connectivity index (χ1) is 8.52. The molecule has 0 atom stereocenters. The Morgan fingerprint density at radius 3 is 2.56 bits per heavy atom. The maximum absolute atomic E-state index is 6.13. The number of nitrogens with zero attached hydrogens (tertiary/aromatic N) is 2. The molecule has 0 bridgehead atoms.